The predicted octanol–water partition coefficient (Wildman–Crippen LogP) is 2.84. The molecule has 176 valence electrons. The van der Waals surface area contributed by atoms with Crippen LogP contribution in [-0.4, -0.2) is 51.7 Å². The van der Waals surface area contributed by atoms with E-state index in [2.05, 4.69) is 20.6 Å². The first-order chi connectivity index (χ1) is 16.5. The molecule has 1 aromatic heterocycles. The van der Waals surface area contributed by atoms with Crippen molar-refractivity contribution in [1.82, 2.24) is 20.6 Å². The lowest BCUT2D eigenvalue weighted by Crippen LogP contribution is -2.52. The zero-order valence-corrected chi connectivity index (χ0v) is 18.7. The second-order valence-electron chi connectivity index (χ2n) is 8.11. The van der Waals surface area contributed by atoms with E-state index in [1.807, 2.05) is 48.5 Å². The maximum atomic E-state index is 12.7. The Bertz CT molecular complexity index is 1130. The van der Waals surface area contributed by atoms with Crippen LogP contribution in [-0.2, 0) is 20.7 Å². The summed E-state index contributed by atoms with van der Waals surface area (Å²) in [5.41, 5.74) is 4.99. The number of benzene rings is 2. The van der Waals surface area contributed by atoms with Gasteiger partial charge in [0.25, 0.3) is 0 Å². The summed E-state index contributed by atoms with van der Waals surface area (Å²) in [5, 5.41) is 14.5. The maximum absolute atomic E-state index is 12.7. The average Bonchev–Trinajstić information content (AvgIpc) is 3.46. The minimum Gasteiger partial charge on any atom is -0.480 e. The van der Waals surface area contributed by atoms with Crippen molar-refractivity contribution in [1.29, 1.82) is 0 Å². The molecule has 1 heterocycles. The Hall–Kier alpha value is -4.14. The van der Waals surface area contributed by atoms with Gasteiger partial charge in [0.05, 0.1) is 6.33 Å². The van der Waals surface area contributed by atoms with Crippen LogP contribution in [0.2, 0.25) is 0 Å². The molecular weight excluding hydrogens is 436 g/mol. The van der Waals surface area contributed by atoms with Crippen LogP contribution in [0.3, 0.4) is 0 Å². The van der Waals surface area contributed by atoms with Gasteiger partial charge in [0.1, 0.15) is 18.7 Å². The number of aromatic nitrogens is 2. The Morgan fingerprint density at radius 1 is 1.03 bits per heavy atom. The van der Waals surface area contributed by atoms with E-state index in [0.717, 1.165) is 22.3 Å². The number of amides is 2. The number of hydrogen-bond donors (Lipinski definition) is 4. The number of hydrogen-bond acceptors (Lipinski definition) is 5. The second kappa shape index (κ2) is 10.2. The van der Waals surface area contributed by atoms with Crippen molar-refractivity contribution in [2.45, 2.75) is 37.8 Å². The van der Waals surface area contributed by atoms with E-state index >= 15 is 0 Å². The minimum absolute atomic E-state index is 0.0441. The molecule has 0 saturated heterocycles. The number of ether oxygens (including phenoxy) is 1. The molecule has 1 unspecified atom stereocenters. The summed E-state index contributed by atoms with van der Waals surface area (Å²) < 4.78 is 5.50. The van der Waals surface area contributed by atoms with Crippen molar-refractivity contribution in [3.05, 3.63) is 77.9 Å². The fourth-order valence-electron chi connectivity index (χ4n) is 4.22. The molecule has 4 N–H and O–H groups in total. The van der Waals surface area contributed by atoms with E-state index in [0.29, 0.717) is 5.69 Å². The van der Waals surface area contributed by atoms with Crippen LogP contribution < -0.4 is 10.6 Å². The van der Waals surface area contributed by atoms with Gasteiger partial charge in [0.2, 0.25) is 5.91 Å². The van der Waals surface area contributed by atoms with E-state index in [1.165, 1.54) is 12.5 Å². The zero-order valence-electron chi connectivity index (χ0n) is 18.7. The van der Waals surface area contributed by atoms with Gasteiger partial charge in [-0.1, -0.05) is 55.5 Å². The molecule has 0 bridgehead atoms. The summed E-state index contributed by atoms with van der Waals surface area (Å²) in [6, 6.07) is 13.9. The number of imidazole rings is 1. The number of carboxylic acids is 1. The topological polar surface area (TPSA) is 133 Å². The molecule has 0 spiro atoms. The lowest BCUT2D eigenvalue weighted by Gasteiger charge is -2.21. The van der Waals surface area contributed by atoms with Crippen LogP contribution in [0.5, 0.6) is 0 Å². The van der Waals surface area contributed by atoms with E-state index < -0.39 is 30.1 Å². The summed E-state index contributed by atoms with van der Waals surface area (Å²) in [6.07, 6.45) is 2.51. The molecule has 0 radical (unpaired) electrons. The van der Waals surface area contributed by atoms with Crippen LogP contribution in [0.1, 0.15) is 36.1 Å². The number of aromatic amines is 1. The highest BCUT2D eigenvalue weighted by molar-refractivity contribution is 5.89. The molecule has 34 heavy (non-hydrogen) atoms. The number of nitrogens with one attached hydrogen (secondary N) is 3. The van der Waals surface area contributed by atoms with Crippen molar-refractivity contribution in [3.63, 3.8) is 0 Å². The van der Waals surface area contributed by atoms with Gasteiger partial charge in [0.15, 0.2) is 0 Å². The third-order valence-electron chi connectivity index (χ3n) is 5.95. The number of nitrogens with zero attached hydrogens (tertiary/aromatic N) is 1. The molecular formula is C25H26N4O5. The van der Waals surface area contributed by atoms with Gasteiger partial charge in [-0.25, -0.2) is 14.6 Å². The number of aliphatic carboxylic acids is 1. The first-order valence-electron chi connectivity index (χ1n) is 11.1. The molecule has 3 aromatic rings. The van der Waals surface area contributed by atoms with Crippen LogP contribution in [0.4, 0.5) is 4.79 Å². The van der Waals surface area contributed by atoms with Crippen LogP contribution in [0.25, 0.3) is 11.1 Å². The standard InChI is InChI=1S/C25H26N4O5/c1-2-21(23(30)28-22(24(31)32)11-15-12-26-14-27-15)29-25(33)34-13-20-18-9-5-3-7-16(18)17-8-4-6-10-19(17)20/h3-10,12,14,20-22H,2,11,13H2,1H3,(H,26,27)(H,28,30)(H,29,33)(H,31,32)/t21-,22?/m1/s1. The third kappa shape index (κ3) is 4.93. The van der Waals surface area contributed by atoms with Gasteiger partial charge in [-0.05, 0) is 28.7 Å². The summed E-state index contributed by atoms with van der Waals surface area (Å²) in [6.45, 7) is 1.84. The smallest absolute Gasteiger partial charge is 0.407 e. The zero-order chi connectivity index (χ0) is 24.1. The molecule has 9 nitrogen and oxygen atoms in total. The Morgan fingerprint density at radius 3 is 2.24 bits per heavy atom. The second-order valence-corrected chi connectivity index (χ2v) is 8.11. The molecule has 4 rings (SSSR count). The van der Waals surface area contributed by atoms with E-state index in [4.69, 9.17) is 4.74 Å². The van der Waals surface area contributed by atoms with Gasteiger partial charge >= 0.3 is 12.1 Å². The number of fused-ring (bicyclic) bond motifs is 3. The number of carboxylic acid groups (broad SMARTS) is 1. The summed E-state index contributed by atoms with van der Waals surface area (Å²) in [5.74, 6) is -1.88. The van der Waals surface area contributed by atoms with Gasteiger partial charge < -0.3 is 25.5 Å². The monoisotopic (exact) mass is 462 g/mol. The van der Waals surface area contributed by atoms with Crippen molar-refractivity contribution >= 4 is 18.0 Å². The highest BCUT2D eigenvalue weighted by Gasteiger charge is 2.30. The highest BCUT2D eigenvalue weighted by atomic mass is 16.5. The highest BCUT2D eigenvalue weighted by Crippen LogP contribution is 2.44. The molecule has 2 aromatic carbocycles. The van der Waals surface area contributed by atoms with Gasteiger partial charge in [0, 0.05) is 24.2 Å². The van der Waals surface area contributed by atoms with Crippen molar-refractivity contribution in [2.24, 2.45) is 0 Å². The largest absolute Gasteiger partial charge is 0.480 e. The van der Waals surface area contributed by atoms with Gasteiger partial charge in [-0.2, -0.15) is 0 Å². The number of rotatable bonds is 9. The summed E-state index contributed by atoms with van der Waals surface area (Å²) in [4.78, 5) is 43.4. The summed E-state index contributed by atoms with van der Waals surface area (Å²) in [7, 11) is 0. The lowest BCUT2D eigenvalue weighted by molar-refractivity contribution is -0.142. The fourth-order valence-corrected chi connectivity index (χ4v) is 4.22. The van der Waals surface area contributed by atoms with Crippen molar-refractivity contribution < 1.29 is 24.2 Å². The minimum atomic E-state index is -1.18. The average molecular weight is 463 g/mol. The van der Waals surface area contributed by atoms with Crippen LogP contribution >= 0.6 is 0 Å². The van der Waals surface area contributed by atoms with Gasteiger partial charge in [-0.15, -0.1) is 0 Å². The Balaban J connectivity index is 1.36. The van der Waals surface area contributed by atoms with E-state index in [9.17, 15) is 19.5 Å². The first kappa shape index (κ1) is 23.0. The molecule has 1 aliphatic carbocycles. The van der Waals surface area contributed by atoms with Crippen LogP contribution in [0, 0.1) is 0 Å². The Labute approximate surface area is 196 Å². The molecule has 2 amide bonds. The molecule has 0 aliphatic heterocycles. The number of alkyl carbamates (subject to hydrolysis) is 1. The van der Waals surface area contributed by atoms with Crippen LogP contribution in [0.15, 0.2) is 61.1 Å². The molecule has 9 heteroatoms. The Kier molecular flexibility index (Phi) is 6.91. The quantitative estimate of drug-likeness (QED) is 0.386. The molecule has 0 saturated carbocycles. The number of carbonyl (C=O) groups excluding carboxylic acids is 2. The fraction of sp³-hybridized carbons (Fsp3) is 0.280. The lowest BCUT2D eigenvalue weighted by atomic mass is 9.98. The third-order valence-corrected chi connectivity index (χ3v) is 5.95. The molecule has 0 fully saturated rings. The normalized spacial score (nSPS) is 13.9. The number of carbonyl (C=O) groups is 3. The van der Waals surface area contributed by atoms with Crippen molar-refractivity contribution in [3.8, 4) is 11.1 Å². The Morgan fingerprint density at radius 2 is 1.68 bits per heavy atom. The SMILES string of the molecule is CC[C@@H](NC(=O)OCC1c2ccccc2-c2ccccc21)C(=O)NC(Cc1cnc[nH]1)C(=O)O. The van der Waals surface area contributed by atoms with E-state index in [1.54, 1.807) is 6.92 Å². The van der Waals surface area contributed by atoms with E-state index in [-0.39, 0.29) is 25.4 Å². The van der Waals surface area contributed by atoms with Crippen molar-refractivity contribution in [2.75, 3.05) is 6.61 Å². The molecule has 1 aliphatic rings. The number of H-pyrrole nitrogens is 1. The maximum Gasteiger partial charge on any atom is 0.407 e. The predicted molar refractivity (Wildman–Crippen MR) is 124 cm³/mol. The summed E-state index contributed by atoms with van der Waals surface area (Å²) >= 11 is 0. The molecule has 2 atom stereocenters. The van der Waals surface area contributed by atoms with Gasteiger partial charge in [-0.3, -0.25) is 4.79 Å². The first-order valence-corrected chi connectivity index (χ1v) is 11.1.